The third-order valence-corrected chi connectivity index (χ3v) is 5.96. The lowest BCUT2D eigenvalue weighted by Gasteiger charge is -2.24. The molecule has 0 radical (unpaired) electrons. The van der Waals surface area contributed by atoms with Gasteiger partial charge in [-0.2, -0.15) is 11.8 Å². The van der Waals surface area contributed by atoms with E-state index < -0.39 is 0 Å². The van der Waals surface area contributed by atoms with Crippen LogP contribution in [0.2, 0.25) is 0 Å². The van der Waals surface area contributed by atoms with Crippen LogP contribution in [0.15, 0.2) is 29.3 Å². The van der Waals surface area contributed by atoms with Crippen LogP contribution in [-0.4, -0.2) is 56.0 Å². The Morgan fingerprint density at radius 2 is 2.28 bits per heavy atom. The Hall–Kier alpha value is -1.27. The van der Waals surface area contributed by atoms with Crippen molar-refractivity contribution >= 4 is 17.7 Å². The highest BCUT2D eigenvalue weighted by Crippen LogP contribution is 2.38. The minimum absolute atomic E-state index is 0.118. The fraction of sp³-hybridized carbons (Fsp3) is 0.632. The van der Waals surface area contributed by atoms with Gasteiger partial charge in [-0.15, -0.1) is 0 Å². The van der Waals surface area contributed by atoms with Crippen LogP contribution in [0.3, 0.4) is 0 Å². The van der Waals surface area contributed by atoms with E-state index in [-0.39, 0.29) is 5.82 Å². The third-order valence-electron chi connectivity index (χ3n) is 4.97. The molecule has 4 nitrogen and oxygen atoms in total. The molecule has 1 atom stereocenters. The molecule has 0 bridgehead atoms. The number of rotatable bonds is 6. The van der Waals surface area contributed by atoms with Crippen molar-refractivity contribution < 1.29 is 9.13 Å². The van der Waals surface area contributed by atoms with Crippen LogP contribution < -0.4 is 5.32 Å². The first kappa shape index (κ1) is 18.5. The molecule has 1 aromatic carbocycles. The van der Waals surface area contributed by atoms with E-state index >= 15 is 0 Å². The molecule has 3 rings (SSSR count). The number of ether oxygens (including phenoxy) is 1. The van der Waals surface area contributed by atoms with Crippen molar-refractivity contribution in [1.82, 2.24) is 10.2 Å². The monoisotopic (exact) mass is 365 g/mol. The summed E-state index contributed by atoms with van der Waals surface area (Å²) in [6.07, 6.45) is 2.36. The van der Waals surface area contributed by atoms with Crippen molar-refractivity contribution in [2.45, 2.75) is 25.5 Å². The topological polar surface area (TPSA) is 36.9 Å². The summed E-state index contributed by atoms with van der Waals surface area (Å²) in [5.74, 6) is 2.49. The van der Waals surface area contributed by atoms with E-state index in [9.17, 15) is 4.39 Å². The average Bonchev–Trinajstić information content (AvgIpc) is 3.25. The summed E-state index contributed by atoms with van der Waals surface area (Å²) in [7, 11) is 0. The highest BCUT2D eigenvalue weighted by Gasteiger charge is 2.42. The van der Waals surface area contributed by atoms with Crippen LogP contribution >= 0.6 is 11.8 Å². The smallest absolute Gasteiger partial charge is 0.193 e. The number of benzene rings is 1. The zero-order valence-electron chi connectivity index (χ0n) is 15.0. The van der Waals surface area contributed by atoms with Gasteiger partial charge in [0.2, 0.25) is 0 Å². The molecule has 0 amide bonds. The molecule has 1 aromatic rings. The minimum Gasteiger partial charge on any atom is -0.381 e. The Balaban J connectivity index is 1.47. The van der Waals surface area contributed by atoms with E-state index in [4.69, 9.17) is 9.73 Å². The quantitative estimate of drug-likeness (QED) is 0.477. The Kier molecular flexibility index (Phi) is 6.59. The van der Waals surface area contributed by atoms with Crippen molar-refractivity contribution in [3.63, 3.8) is 0 Å². The molecule has 2 aliphatic rings. The number of hydrogen-bond acceptors (Lipinski definition) is 3. The van der Waals surface area contributed by atoms with Crippen molar-refractivity contribution in [2.24, 2.45) is 10.4 Å². The van der Waals surface area contributed by atoms with Gasteiger partial charge in [-0.05, 0) is 31.4 Å². The number of nitrogens with zero attached hydrogens (tertiary/aromatic N) is 2. The van der Waals surface area contributed by atoms with Gasteiger partial charge in [-0.3, -0.25) is 4.99 Å². The van der Waals surface area contributed by atoms with E-state index in [0.29, 0.717) is 11.2 Å². The maximum Gasteiger partial charge on any atom is 0.193 e. The van der Waals surface area contributed by atoms with Crippen molar-refractivity contribution in [2.75, 3.05) is 45.1 Å². The van der Waals surface area contributed by atoms with Gasteiger partial charge in [0.15, 0.2) is 5.96 Å². The highest BCUT2D eigenvalue weighted by molar-refractivity contribution is 7.98. The van der Waals surface area contributed by atoms with Crippen LogP contribution in [-0.2, 0) is 10.5 Å². The second-order valence-electron chi connectivity index (χ2n) is 6.85. The van der Waals surface area contributed by atoms with Gasteiger partial charge >= 0.3 is 0 Å². The molecular weight excluding hydrogens is 337 g/mol. The first-order valence-electron chi connectivity index (χ1n) is 9.15. The average molecular weight is 366 g/mol. The van der Waals surface area contributed by atoms with Crippen molar-refractivity contribution in [3.05, 3.63) is 35.6 Å². The first-order valence-corrected chi connectivity index (χ1v) is 10.3. The molecule has 0 aliphatic carbocycles. The lowest BCUT2D eigenvalue weighted by molar-refractivity contribution is 0.156. The lowest BCUT2D eigenvalue weighted by Crippen LogP contribution is -2.41. The first-order chi connectivity index (χ1) is 12.2. The van der Waals surface area contributed by atoms with Gasteiger partial charge in [0.05, 0.1) is 13.2 Å². The number of guanidine groups is 1. The fourth-order valence-electron chi connectivity index (χ4n) is 3.53. The Morgan fingerprint density at radius 3 is 3.04 bits per heavy atom. The predicted octanol–water partition coefficient (Wildman–Crippen LogP) is 3.14. The molecule has 1 spiro atoms. The number of likely N-dealkylation sites (tertiary alicyclic amines) is 1. The molecular formula is C19H28FN3OS. The largest absolute Gasteiger partial charge is 0.381 e. The second kappa shape index (κ2) is 8.90. The number of aliphatic imine (C=N–C) groups is 1. The Labute approximate surface area is 154 Å². The van der Waals surface area contributed by atoms with Crippen LogP contribution in [0.5, 0.6) is 0 Å². The van der Waals surface area contributed by atoms with Crippen molar-refractivity contribution in [3.8, 4) is 0 Å². The van der Waals surface area contributed by atoms with E-state index in [1.807, 2.05) is 12.1 Å². The Bertz CT molecular complexity index is 590. The van der Waals surface area contributed by atoms with Gasteiger partial charge in [0.25, 0.3) is 0 Å². The zero-order chi connectivity index (χ0) is 17.5. The molecule has 25 heavy (non-hydrogen) atoms. The Morgan fingerprint density at radius 1 is 1.40 bits per heavy atom. The molecule has 1 N–H and O–H groups in total. The molecule has 138 valence electrons. The molecule has 1 unspecified atom stereocenters. The van der Waals surface area contributed by atoms with Gasteiger partial charge in [0.1, 0.15) is 5.82 Å². The highest BCUT2D eigenvalue weighted by atomic mass is 32.2. The maximum atomic E-state index is 13.6. The zero-order valence-corrected chi connectivity index (χ0v) is 15.8. The van der Waals surface area contributed by atoms with E-state index in [2.05, 4.69) is 17.1 Å². The lowest BCUT2D eigenvalue weighted by atomic mass is 9.87. The summed E-state index contributed by atoms with van der Waals surface area (Å²) < 4.78 is 19.2. The number of nitrogens with one attached hydrogen (secondary N) is 1. The number of hydrogen-bond donors (Lipinski definition) is 1. The second-order valence-corrected chi connectivity index (χ2v) is 7.96. The predicted molar refractivity (Wildman–Crippen MR) is 103 cm³/mol. The molecule has 6 heteroatoms. The third kappa shape index (κ3) is 4.88. The SMILES string of the molecule is CCNC(=NCCSCc1ccccc1F)N1CCC2(CCOC2)C1. The van der Waals surface area contributed by atoms with Crippen LogP contribution in [0.25, 0.3) is 0 Å². The summed E-state index contributed by atoms with van der Waals surface area (Å²) in [6.45, 7) is 7.62. The molecule has 0 aromatic heterocycles. The van der Waals surface area contributed by atoms with Crippen LogP contribution in [0.4, 0.5) is 4.39 Å². The molecule has 2 saturated heterocycles. The minimum atomic E-state index is -0.118. The summed E-state index contributed by atoms with van der Waals surface area (Å²) in [5, 5.41) is 3.41. The fourth-order valence-corrected chi connectivity index (χ4v) is 4.35. The number of halogens is 1. The van der Waals surface area contributed by atoms with Gasteiger partial charge < -0.3 is 15.0 Å². The van der Waals surface area contributed by atoms with E-state index in [1.165, 1.54) is 18.9 Å². The van der Waals surface area contributed by atoms with Gasteiger partial charge in [-0.1, -0.05) is 18.2 Å². The van der Waals surface area contributed by atoms with E-state index in [1.54, 1.807) is 17.8 Å². The summed E-state index contributed by atoms with van der Waals surface area (Å²) in [6, 6.07) is 6.99. The van der Waals surface area contributed by atoms with Crippen LogP contribution in [0, 0.1) is 11.2 Å². The summed E-state index contributed by atoms with van der Waals surface area (Å²) in [4.78, 5) is 7.15. The maximum absolute atomic E-state index is 13.6. The molecule has 2 heterocycles. The normalized spacial score (nSPS) is 23.6. The van der Waals surface area contributed by atoms with E-state index in [0.717, 1.165) is 56.7 Å². The molecule has 0 saturated carbocycles. The molecule has 2 aliphatic heterocycles. The summed E-state index contributed by atoms with van der Waals surface area (Å²) in [5.41, 5.74) is 1.11. The van der Waals surface area contributed by atoms with Crippen LogP contribution in [0.1, 0.15) is 25.3 Å². The molecule has 2 fully saturated rings. The van der Waals surface area contributed by atoms with Gasteiger partial charge in [-0.25, -0.2) is 4.39 Å². The van der Waals surface area contributed by atoms with Gasteiger partial charge in [0, 0.05) is 43.2 Å². The standard InChI is InChI=1S/C19H28FN3OS/c1-2-21-18(23-10-7-19(14-23)8-11-24-15-19)22-9-12-25-13-16-5-3-4-6-17(16)20/h3-6H,2,7-15H2,1H3,(H,21,22). The number of thioether (sulfide) groups is 1. The summed E-state index contributed by atoms with van der Waals surface area (Å²) >= 11 is 1.73. The van der Waals surface area contributed by atoms with Crippen molar-refractivity contribution in [1.29, 1.82) is 0 Å².